The Morgan fingerprint density at radius 1 is 1.04 bits per heavy atom. The molecule has 0 radical (unpaired) electrons. The average Bonchev–Trinajstić information content (AvgIpc) is 2.62. The molecule has 0 aliphatic heterocycles. The van der Waals surface area contributed by atoms with Gasteiger partial charge in [0.2, 0.25) is 11.8 Å². The standard InChI is InChI=1S/C19H21ClN2O4/c1-12-8-15(17(26-3)9-14(12)20)22-19(24)10-18(23)21-11-13-6-4-5-7-16(13)25-2/h4-9H,10-11H2,1-3H3,(H,21,23)(H,22,24). The van der Waals surface area contributed by atoms with E-state index < -0.39 is 11.8 Å². The molecule has 7 heteroatoms. The van der Waals surface area contributed by atoms with Crippen molar-refractivity contribution in [3.8, 4) is 11.5 Å². The number of hydrogen-bond donors (Lipinski definition) is 2. The average molecular weight is 377 g/mol. The van der Waals surface area contributed by atoms with Crippen molar-refractivity contribution in [3.05, 3.63) is 52.5 Å². The van der Waals surface area contributed by atoms with E-state index in [1.54, 1.807) is 19.2 Å². The molecule has 0 atom stereocenters. The van der Waals surface area contributed by atoms with E-state index in [4.69, 9.17) is 21.1 Å². The molecule has 0 bridgehead atoms. The van der Waals surface area contributed by atoms with Gasteiger partial charge in [0.1, 0.15) is 17.9 Å². The quantitative estimate of drug-likeness (QED) is 0.727. The molecule has 0 heterocycles. The second kappa shape index (κ2) is 9.10. The molecule has 2 aromatic carbocycles. The fourth-order valence-electron chi connectivity index (χ4n) is 2.38. The highest BCUT2D eigenvalue weighted by molar-refractivity contribution is 6.31. The number of carbonyl (C=O) groups excluding carboxylic acids is 2. The van der Waals surface area contributed by atoms with Crippen LogP contribution in [0, 0.1) is 6.92 Å². The molecule has 0 aliphatic rings. The zero-order valence-electron chi connectivity index (χ0n) is 14.9. The molecule has 0 aromatic heterocycles. The highest BCUT2D eigenvalue weighted by atomic mass is 35.5. The zero-order valence-corrected chi connectivity index (χ0v) is 15.6. The predicted molar refractivity (Wildman–Crippen MR) is 101 cm³/mol. The van der Waals surface area contributed by atoms with Crippen LogP contribution in [0.2, 0.25) is 5.02 Å². The largest absolute Gasteiger partial charge is 0.496 e. The normalized spacial score (nSPS) is 10.2. The Bertz CT molecular complexity index is 808. The van der Waals surface area contributed by atoms with Gasteiger partial charge in [0, 0.05) is 23.2 Å². The molecular formula is C19H21ClN2O4. The Labute approximate surface area is 157 Å². The molecule has 2 aromatic rings. The minimum atomic E-state index is -0.442. The van der Waals surface area contributed by atoms with Gasteiger partial charge in [-0.15, -0.1) is 0 Å². The zero-order chi connectivity index (χ0) is 19.1. The number of methoxy groups -OCH3 is 2. The molecule has 138 valence electrons. The number of hydrogen-bond acceptors (Lipinski definition) is 4. The van der Waals surface area contributed by atoms with E-state index >= 15 is 0 Å². The molecule has 6 nitrogen and oxygen atoms in total. The van der Waals surface area contributed by atoms with Gasteiger partial charge in [0.05, 0.1) is 19.9 Å². The summed E-state index contributed by atoms with van der Waals surface area (Å²) < 4.78 is 10.4. The summed E-state index contributed by atoms with van der Waals surface area (Å²) in [4.78, 5) is 24.2. The minimum absolute atomic E-state index is 0.277. The van der Waals surface area contributed by atoms with Crippen molar-refractivity contribution in [1.82, 2.24) is 5.32 Å². The number of para-hydroxylation sites is 1. The second-order valence-electron chi connectivity index (χ2n) is 5.62. The lowest BCUT2D eigenvalue weighted by molar-refractivity contribution is -0.126. The number of rotatable bonds is 7. The van der Waals surface area contributed by atoms with Crippen molar-refractivity contribution >= 4 is 29.1 Å². The van der Waals surface area contributed by atoms with E-state index in [0.29, 0.717) is 22.2 Å². The number of ether oxygens (including phenoxy) is 2. The van der Waals surface area contributed by atoms with Gasteiger partial charge in [0.15, 0.2) is 0 Å². The van der Waals surface area contributed by atoms with E-state index in [0.717, 1.165) is 11.1 Å². The lowest BCUT2D eigenvalue weighted by Crippen LogP contribution is -2.28. The van der Waals surface area contributed by atoms with E-state index in [9.17, 15) is 9.59 Å². The van der Waals surface area contributed by atoms with Crippen LogP contribution in [0.1, 0.15) is 17.5 Å². The van der Waals surface area contributed by atoms with Crippen molar-refractivity contribution in [1.29, 1.82) is 0 Å². The molecule has 2 N–H and O–H groups in total. The molecule has 2 amide bonds. The summed E-state index contributed by atoms with van der Waals surface area (Å²) in [5.74, 6) is 0.280. The van der Waals surface area contributed by atoms with Crippen LogP contribution in [0.3, 0.4) is 0 Å². The summed E-state index contributed by atoms with van der Waals surface area (Å²) in [6, 6.07) is 10.7. The Morgan fingerprint density at radius 2 is 1.73 bits per heavy atom. The van der Waals surface area contributed by atoms with Gasteiger partial charge in [0.25, 0.3) is 0 Å². The maximum Gasteiger partial charge on any atom is 0.233 e. The van der Waals surface area contributed by atoms with Crippen LogP contribution in [0.25, 0.3) is 0 Å². The molecule has 0 saturated carbocycles. The molecule has 0 fully saturated rings. The van der Waals surface area contributed by atoms with Crippen molar-refractivity contribution in [2.45, 2.75) is 19.9 Å². The van der Waals surface area contributed by atoms with Gasteiger partial charge in [-0.05, 0) is 24.6 Å². The summed E-state index contributed by atoms with van der Waals surface area (Å²) in [7, 11) is 3.05. The first-order valence-electron chi connectivity index (χ1n) is 7.97. The fourth-order valence-corrected chi connectivity index (χ4v) is 2.53. The highest BCUT2D eigenvalue weighted by Crippen LogP contribution is 2.31. The SMILES string of the molecule is COc1ccccc1CNC(=O)CC(=O)Nc1cc(C)c(Cl)cc1OC. The van der Waals surface area contributed by atoms with Crippen LogP contribution in [0.15, 0.2) is 36.4 Å². The number of carbonyl (C=O) groups is 2. The summed E-state index contributed by atoms with van der Waals surface area (Å²) in [6.45, 7) is 2.09. The Balaban J connectivity index is 1.93. The molecule has 0 aliphatic carbocycles. The Morgan fingerprint density at radius 3 is 2.42 bits per heavy atom. The van der Waals surface area contributed by atoms with Gasteiger partial charge < -0.3 is 20.1 Å². The number of halogens is 1. The summed E-state index contributed by atoms with van der Waals surface area (Å²) in [5, 5.41) is 5.92. The maximum atomic E-state index is 12.1. The number of nitrogens with one attached hydrogen (secondary N) is 2. The van der Waals surface area contributed by atoms with Crippen LogP contribution in [0.4, 0.5) is 5.69 Å². The summed E-state index contributed by atoms with van der Waals surface area (Å²) in [6.07, 6.45) is -0.306. The van der Waals surface area contributed by atoms with Crippen LogP contribution in [-0.4, -0.2) is 26.0 Å². The molecule has 0 unspecified atom stereocenters. The Hall–Kier alpha value is -2.73. The third-order valence-corrected chi connectivity index (χ3v) is 4.15. The van der Waals surface area contributed by atoms with Crippen molar-refractivity contribution in [2.24, 2.45) is 0 Å². The van der Waals surface area contributed by atoms with E-state index in [1.165, 1.54) is 7.11 Å². The molecule has 0 saturated heterocycles. The van der Waals surface area contributed by atoms with Crippen LogP contribution in [0.5, 0.6) is 11.5 Å². The van der Waals surface area contributed by atoms with E-state index in [2.05, 4.69) is 10.6 Å². The monoisotopic (exact) mass is 376 g/mol. The summed E-state index contributed by atoms with van der Waals surface area (Å²) >= 11 is 6.04. The molecule has 26 heavy (non-hydrogen) atoms. The van der Waals surface area contributed by atoms with Crippen molar-refractivity contribution in [3.63, 3.8) is 0 Å². The topological polar surface area (TPSA) is 76.7 Å². The first-order chi connectivity index (χ1) is 12.4. The third-order valence-electron chi connectivity index (χ3n) is 3.74. The van der Waals surface area contributed by atoms with Crippen LogP contribution < -0.4 is 20.1 Å². The number of aryl methyl sites for hydroxylation is 1. The van der Waals surface area contributed by atoms with Crippen molar-refractivity contribution < 1.29 is 19.1 Å². The number of benzene rings is 2. The van der Waals surface area contributed by atoms with E-state index in [1.807, 2.05) is 31.2 Å². The lowest BCUT2D eigenvalue weighted by Gasteiger charge is -2.13. The lowest BCUT2D eigenvalue weighted by atomic mass is 10.2. The fraction of sp³-hybridized carbons (Fsp3) is 0.263. The Kier molecular flexibility index (Phi) is 6.86. The first-order valence-corrected chi connectivity index (χ1v) is 8.35. The summed E-state index contributed by atoms with van der Waals surface area (Å²) in [5.41, 5.74) is 2.10. The highest BCUT2D eigenvalue weighted by Gasteiger charge is 2.14. The van der Waals surface area contributed by atoms with Crippen LogP contribution >= 0.6 is 11.6 Å². The molecule has 2 rings (SSSR count). The van der Waals surface area contributed by atoms with Gasteiger partial charge >= 0.3 is 0 Å². The second-order valence-corrected chi connectivity index (χ2v) is 6.02. The first kappa shape index (κ1) is 19.6. The van der Waals surface area contributed by atoms with Gasteiger partial charge in [-0.2, -0.15) is 0 Å². The van der Waals surface area contributed by atoms with E-state index in [-0.39, 0.29) is 13.0 Å². The van der Waals surface area contributed by atoms with Gasteiger partial charge in [-0.1, -0.05) is 29.8 Å². The smallest absolute Gasteiger partial charge is 0.233 e. The molecule has 0 spiro atoms. The van der Waals surface area contributed by atoms with Crippen LogP contribution in [-0.2, 0) is 16.1 Å². The van der Waals surface area contributed by atoms with Gasteiger partial charge in [-0.25, -0.2) is 0 Å². The minimum Gasteiger partial charge on any atom is -0.496 e. The number of amides is 2. The van der Waals surface area contributed by atoms with Crippen molar-refractivity contribution in [2.75, 3.05) is 19.5 Å². The number of anilines is 1. The maximum absolute atomic E-state index is 12.1. The predicted octanol–water partition coefficient (Wildman–Crippen LogP) is 3.31. The third kappa shape index (κ3) is 5.13. The van der Waals surface area contributed by atoms with Gasteiger partial charge in [-0.3, -0.25) is 9.59 Å². The molecular weight excluding hydrogens is 356 g/mol.